The maximum absolute atomic E-state index is 14.0. The second-order valence-corrected chi connectivity index (χ2v) is 6.46. The van der Waals surface area contributed by atoms with Gasteiger partial charge in [0.15, 0.2) is 0 Å². The first-order valence-electron chi connectivity index (χ1n) is 6.36. The summed E-state index contributed by atoms with van der Waals surface area (Å²) in [5, 5.41) is 0. The van der Waals surface area contributed by atoms with Crippen molar-refractivity contribution < 1.29 is 22.3 Å². The molecule has 0 aliphatic rings. The summed E-state index contributed by atoms with van der Waals surface area (Å²) in [6.07, 6.45) is 0.471. The fourth-order valence-electron chi connectivity index (χ4n) is 1.75. The SMILES string of the molecule is CCCN(CC(=O)OC)S(=O)(=O)c1cc(N)c(C)cc1F. The van der Waals surface area contributed by atoms with Crippen LogP contribution in [0.1, 0.15) is 18.9 Å². The van der Waals surface area contributed by atoms with Gasteiger partial charge >= 0.3 is 5.97 Å². The van der Waals surface area contributed by atoms with E-state index in [0.717, 1.165) is 23.5 Å². The molecule has 6 nitrogen and oxygen atoms in total. The number of carbonyl (C=O) groups is 1. The second kappa shape index (κ2) is 6.86. The van der Waals surface area contributed by atoms with Crippen molar-refractivity contribution >= 4 is 21.7 Å². The second-order valence-electron chi connectivity index (χ2n) is 4.55. The molecular weight excluding hydrogens is 299 g/mol. The van der Waals surface area contributed by atoms with E-state index in [2.05, 4.69) is 4.74 Å². The molecule has 0 unspecified atom stereocenters. The van der Waals surface area contributed by atoms with Crippen LogP contribution in [-0.2, 0) is 19.6 Å². The zero-order valence-corrected chi connectivity index (χ0v) is 13.0. The van der Waals surface area contributed by atoms with Crippen LogP contribution >= 0.6 is 0 Å². The Kier molecular flexibility index (Phi) is 5.68. The summed E-state index contributed by atoms with van der Waals surface area (Å²) in [7, 11) is -3.00. The first-order valence-corrected chi connectivity index (χ1v) is 7.80. The van der Waals surface area contributed by atoms with Crippen molar-refractivity contribution in [3.63, 3.8) is 0 Å². The molecule has 0 amide bonds. The lowest BCUT2D eigenvalue weighted by atomic mass is 10.2. The highest BCUT2D eigenvalue weighted by molar-refractivity contribution is 7.89. The van der Waals surface area contributed by atoms with Crippen LogP contribution < -0.4 is 5.73 Å². The molecule has 8 heteroatoms. The first-order chi connectivity index (χ1) is 9.73. The van der Waals surface area contributed by atoms with Crippen LogP contribution in [0, 0.1) is 12.7 Å². The van der Waals surface area contributed by atoms with E-state index in [1.165, 1.54) is 0 Å². The average molecular weight is 318 g/mol. The predicted molar refractivity (Wildman–Crippen MR) is 76.6 cm³/mol. The molecule has 0 aliphatic carbocycles. The number of esters is 1. The minimum atomic E-state index is -4.16. The Morgan fingerprint density at radius 1 is 1.43 bits per heavy atom. The summed E-state index contributed by atoms with van der Waals surface area (Å²) in [4.78, 5) is 10.8. The minimum Gasteiger partial charge on any atom is -0.468 e. The summed E-state index contributed by atoms with van der Waals surface area (Å²) < 4.78 is 44.3. The number of halogens is 1. The Labute approximate surface area is 123 Å². The molecule has 21 heavy (non-hydrogen) atoms. The number of anilines is 1. The number of hydrogen-bond donors (Lipinski definition) is 1. The number of hydrogen-bond acceptors (Lipinski definition) is 5. The highest BCUT2D eigenvalue weighted by atomic mass is 32.2. The van der Waals surface area contributed by atoms with Crippen molar-refractivity contribution in [1.29, 1.82) is 0 Å². The molecule has 0 radical (unpaired) electrons. The largest absolute Gasteiger partial charge is 0.468 e. The molecule has 0 heterocycles. The number of nitrogens with zero attached hydrogens (tertiary/aromatic N) is 1. The molecule has 0 aliphatic heterocycles. The standard InChI is InChI=1S/C13H19FN2O4S/c1-4-5-16(8-13(17)20-3)21(18,19)12-7-11(15)9(2)6-10(12)14/h6-7H,4-5,8,15H2,1-3H3. The Morgan fingerprint density at radius 3 is 2.57 bits per heavy atom. The van der Waals surface area contributed by atoms with E-state index in [4.69, 9.17) is 5.73 Å². The van der Waals surface area contributed by atoms with E-state index in [-0.39, 0.29) is 12.2 Å². The van der Waals surface area contributed by atoms with E-state index in [1.807, 2.05) is 0 Å². The van der Waals surface area contributed by atoms with Crippen molar-refractivity contribution in [2.75, 3.05) is 25.9 Å². The lowest BCUT2D eigenvalue weighted by molar-refractivity contribution is -0.140. The van der Waals surface area contributed by atoms with Gasteiger partial charge in [-0.05, 0) is 31.0 Å². The highest BCUT2D eigenvalue weighted by Crippen LogP contribution is 2.24. The number of sulfonamides is 1. The van der Waals surface area contributed by atoms with Gasteiger partial charge in [0.2, 0.25) is 10.0 Å². The Morgan fingerprint density at radius 2 is 2.05 bits per heavy atom. The lowest BCUT2D eigenvalue weighted by Gasteiger charge is -2.21. The summed E-state index contributed by atoms with van der Waals surface area (Å²) >= 11 is 0. The van der Waals surface area contributed by atoms with Crippen LogP contribution in [-0.4, -0.2) is 38.9 Å². The number of rotatable bonds is 6. The van der Waals surface area contributed by atoms with E-state index in [9.17, 15) is 17.6 Å². The molecule has 0 aromatic heterocycles. The normalized spacial score (nSPS) is 11.7. The van der Waals surface area contributed by atoms with E-state index in [0.29, 0.717) is 12.0 Å². The van der Waals surface area contributed by atoms with Crippen LogP contribution in [0.4, 0.5) is 10.1 Å². The van der Waals surface area contributed by atoms with Gasteiger partial charge < -0.3 is 10.5 Å². The monoisotopic (exact) mass is 318 g/mol. The van der Waals surface area contributed by atoms with Gasteiger partial charge in [0.1, 0.15) is 17.3 Å². The van der Waals surface area contributed by atoms with Crippen LogP contribution in [0.2, 0.25) is 0 Å². The Balaban J connectivity index is 3.28. The van der Waals surface area contributed by atoms with E-state index < -0.39 is 33.3 Å². The highest BCUT2D eigenvalue weighted by Gasteiger charge is 2.29. The molecule has 0 fully saturated rings. The average Bonchev–Trinajstić information content (AvgIpc) is 2.41. The molecule has 1 aromatic rings. The lowest BCUT2D eigenvalue weighted by Crippen LogP contribution is -2.37. The first kappa shape index (κ1) is 17.4. The van der Waals surface area contributed by atoms with Gasteiger partial charge in [-0.2, -0.15) is 4.31 Å². The molecule has 0 saturated heterocycles. The van der Waals surface area contributed by atoms with Crippen molar-refractivity contribution in [3.8, 4) is 0 Å². The van der Waals surface area contributed by atoms with Crippen molar-refractivity contribution in [3.05, 3.63) is 23.5 Å². The number of nitrogen functional groups attached to an aromatic ring is 1. The zero-order chi connectivity index (χ0) is 16.2. The van der Waals surface area contributed by atoms with E-state index in [1.54, 1.807) is 13.8 Å². The third-order valence-corrected chi connectivity index (χ3v) is 4.80. The van der Waals surface area contributed by atoms with Gasteiger partial charge in [-0.15, -0.1) is 0 Å². The Bertz CT molecular complexity index is 631. The molecule has 0 bridgehead atoms. The number of benzene rings is 1. The molecule has 2 N–H and O–H groups in total. The number of nitrogens with two attached hydrogens (primary N) is 1. The van der Waals surface area contributed by atoms with Crippen LogP contribution in [0.25, 0.3) is 0 Å². The minimum absolute atomic E-state index is 0.0741. The number of ether oxygens (including phenoxy) is 1. The fourth-order valence-corrected chi connectivity index (χ4v) is 3.31. The smallest absolute Gasteiger partial charge is 0.321 e. The van der Waals surface area contributed by atoms with Gasteiger partial charge in [0.25, 0.3) is 0 Å². The molecule has 0 atom stereocenters. The number of carbonyl (C=O) groups excluding carboxylic acids is 1. The molecule has 1 rings (SSSR count). The predicted octanol–water partition coefficient (Wildman–Crippen LogP) is 1.29. The third-order valence-electron chi connectivity index (χ3n) is 2.94. The van der Waals surface area contributed by atoms with Crippen molar-refractivity contribution in [2.24, 2.45) is 0 Å². The maximum atomic E-state index is 14.0. The molecule has 0 saturated carbocycles. The zero-order valence-electron chi connectivity index (χ0n) is 12.2. The maximum Gasteiger partial charge on any atom is 0.321 e. The van der Waals surface area contributed by atoms with Crippen LogP contribution in [0.3, 0.4) is 0 Å². The Hall–Kier alpha value is -1.67. The summed E-state index contributed by atoms with van der Waals surface area (Å²) in [5.41, 5.74) is 6.26. The molecular formula is C13H19FN2O4S. The number of aryl methyl sites for hydroxylation is 1. The quantitative estimate of drug-likeness (QED) is 0.630. The molecule has 0 spiro atoms. The topological polar surface area (TPSA) is 89.7 Å². The van der Waals surface area contributed by atoms with Crippen molar-refractivity contribution in [1.82, 2.24) is 4.31 Å². The molecule has 1 aromatic carbocycles. The summed E-state index contributed by atoms with van der Waals surface area (Å²) in [6, 6.07) is 2.13. The third kappa shape index (κ3) is 3.92. The van der Waals surface area contributed by atoms with Gasteiger partial charge in [-0.3, -0.25) is 4.79 Å². The van der Waals surface area contributed by atoms with E-state index >= 15 is 0 Å². The van der Waals surface area contributed by atoms with Crippen molar-refractivity contribution in [2.45, 2.75) is 25.2 Å². The fraction of sp³-hybridized carbons (Fsp3) is 0.462. The summed E-state index contributed by atoms with van der Waals surface area (Å²) in [5.74, 6) is -1.61. The molecule has 118 valence electrons. The van der Waals surface area contributed by atoms with Crippen LogP contribution in [0.5, 0.6) is 0 Å². The van der Waals surface area contributed by atoms with Gasteiger partial charge in [0, 0.05) is 12.2 Å². The van der Waals surface area contributed by atoms with Gasteiger partial charge in [-0.1, -0.05) is 6.92 Å². The van der Waals surface area contributed by atoms with Gasteiger partial charge in [0.05, 0.1) is 7.11 Å². The summed E-state index contributed by atoms with van der Waals surface area (Å²) in [6.45, 7) is 2.93. The van der Waals surface area contributed by atoms with Crippen LogP contribution in [0.15, 0.2) is 17.0 Å². The van der Waals surface area contributed by atoms with Gasteiger partial charge in [-0.25, -0.2) is 12.8 Å². The number of methoxy groups -OCH3 is 1.